The third-order valence-electron chi connectivity index (χ3n) is 1.85. The van der Waals surface area contributed by atoms with Gasteiger partial charge < -0.3 is 10.1 Å². The number of hydrogen-bond donors (Lipinski definition) is 1. The van der Waals surface area contributed by atoms with Crippen LogP contribution in [-0.4, -0.2) is 25.0 Å². The van der Waals surface area contributed by atoms with Gasteiger partial charge in [-0.2, -0.15) is 0 Å². The van der Waals surface area contributed by atoms with Crippen molar-refractivity contribution in [1.82, 2.24) is 5.32 Å². The Morgan fingerprint density at radius 1 is 1.73 bits per heavy atom. The molecule has 0 spiro atoms. The first-order chi connectivity index (χ1) is 5.15. The molecule has 0 bridgehead atoms. The minimum atomic E-state index is -0.438. The first-order valence-electron chi connectivity index (χ1n) is 3.52. The van der Waals surface area contributed by atoms with E-state index < -0.39 is 6.04 Å². The quantitative estimate of drug-likeness (QED) is 0.531. The molecule has 0 saturated carbocycles. The fourth-order valence-corrected chi connectivity index (χ4v) is 1.20. The first kappa shape index (κ1) is 8.04. The largest absolute Gasteiger partial charge is 0.467 e. The van der Waals surface area contributed by atoms with E-state index in [-0.39, 0.29) is 17.8 Å². The first-order valence-corrected chi connectivity index (χ1v) is 3.52. The summed E-state index contributed by atoms with van der Waals surface area (Å²) in [5.41, 5.74) is 0. The van der Waals surface area contributed by atoms with Crippen molar-refractivity contribution in [2.75, 3.05) is 7.11 Å². The Kier molecular flexibility index (Phi) is 2.12. The van der Waals surface area contributed by atoms with E-state index in [1.54, 1.807) is 0 Å². The maximum absolute atomic E-state index is 10.9. The lowest BCUT2D eigenvalue weighted by Crippen LogP contribution is -2.37. The number of ether oxygens (including phenoxy) is 1. The van der Waals surface area contributed by atoms with Crippen molar-refractivity contribution < 1.29 is 14.3 Å². The number of amides is 1. The maximum atomic E-state index is 10.9. The predicted octanol–water partition coefficient (Wildman–Crippen LogP) is -0.316. The summed E-state index contributed by atoms with van der Waals surface area (Å²) < 4.78 is 4.50. The molecule has 1 heterocycles. The summed E-state index contributed by atoms with van der Waals surface area (Å²) in [6.45, 7) is 1.85. The van der Waals surface area contributed by atoms with Gasteiger partial charge in [-0.1, -0.05) is 6.92 Å². The molecule has 1 amide bonds. The zero-order valence-corrected chi connectivity index (χ0v) is 6.59. The van der Waals surface area contributed by atoms with Crippen molar-refractivity contribution in [3.63, 3.8) is 0 Å². The molecule has 0 aromatic carbocycles. The number of hydrogen-bond acceptors (Lipinski definition) is 3. The number of carbonyl (C=O) groups is 2. The second-order valence-corrected chi connectivity index (χ2v) is 2.75. The fourth-order valence-electron chi connectivity index (χ4n) is 1.20. The van der Waals surface area contributed by atoms with E-state index in [1.807, 2.05) is 6.92 Å². The number of carbonyl (C=O) groups excluding carboxylic acids is 2. The Bertz CT molecular complexity index is 190. The predicted molar refractivity (Wildman–Crippen MR) is 37.7 cm³/mol. The molecule has 0 aromatic rings. The highest BCUT2D eigenvalue weighted by Gasteiger charge is 2.34. The molecule has 0 aliphatic carbocycles. The van der Waals surface area contributed by atoms with Gasteiger partial charge in [0.1, 0.15) is 6.04 Å². The van der Waals surface area contributed by atoms with Gasteiger partial charge in [0.2, 0.25) is 5.91 Å². The smallest absolute Gasteiger partial charge is 0.328 e. The summed E-state index contributed by atoms with van der Waals surface area (Å²) in [7, 11) is 1.32. The summed E-state index contributed by atoms with van der Waals surface area (Å²) in [6, 6.07) is -0.438. The SMILES string of the molecule is COC(=O)[C@H]1NC(=O)C[C@H]1C. The molecule has 1 aliphatic heterocycles. The molecule has 1 N–H and O–H groups in total. The lowest BCUT2D eigenvalue weighted by atomic mass is 10.0. The molecule has 1 rings (SSSR count). The summed E-state index contributed by atoms with van der Waals surface area (Å²) in [5.74, 6) is -0.383. The maximum Gasteiger partial charge on any atom is 0.328 e. The van der Waals surface area contributed by atoms with E-state index in [1.165, 1.54) is 7.11 Å². The van der Waals surface area contributed by atoms with Crippen LogP contribution in [0.3, 0.4) is 0 Å². The molecule has 0 radical (unpaired) electrons. The molecule has 4 heteroatoms. The normalized spacial score (nSPS) is 29.8. The Labute approximate surface area is 64.9 Å². The van der Waals surface area contributed by atoms with Crippen molar-refractivity contribution in [1.29, 1.82) is 0 Å². The Balaban J connectivity index is 2.59. The van der Waals surface area contributed by atoms with Gasteiger partial charge >= 0.3 is 5.97 Å². The molecule has 1 aliphatic rings. The highest BCUT2D eigenvalue weighted by atomic mass is 16.5. The van der Waals surface area contributed by atoms with Crippen LogP contribution in [0.25, 0.3) is 0 Å². The van der Waals surface area contributed by atoms with Crippen LogP contribution in [0.4, 0.5) is 0 Å². The van der Waals surface area contributed by atoms with E-state index in [4.69, 9.17) is 0 Å². The topological polar surface area (TPSA) is 55.4 Å². The van der Waals surface area contributed by atoms with Gasteiger partial charge in [-0.25, -0.2) is 4.79 Å². The zero-order valence-electron chi connectivity index (χ0n) is 6.59. The van der Waals surface area contributed by atoms with Gasteiger partial charge in [0.15, 0.2) is 0 Å². The van der Waals surface area contributed by atoms with Gasteiger partial charge in [-0.05, 0) is 5.92 Å². The van der Waals surface area contributed by atoms with Gasteiger partial charge in [-0.15, -0.1) is 0 Å². The second kappa shape index (κ2) is 2.90. The number of methoxy groups -OCH3 is 1. The summed E-state index contributed by atoms with van der Waals surface area (Å²) >= 11 is 0. The number of rotatable bonds is 1. The van der Waals surface area contributed by atoms with Crippen LogP contribution in [0, 0.1) is 5.92 Å². The van der Waals surface area contributed by atoms with Crippen LogP contribution in [0.5, 0.6) is 0 Å². The molecule has 4 nitrogen and oxygen atoms in total. The van der Waals surface area contributed by atoms with Crippen LogP contribution in [0.2, 0.25) is 0 Å². The van der Waals surface area contributed by atoms with Gasteiger partial charge in [0.05, 0.1) is 7.11 Å². The summed E-state index contributed by atoms with van der Waals surface area (Å²) in [4.78, 5) is 21.7. The van der Waals surface area contributed by atoms with Crippen LogP contribution >= 0.6 is 0 Å². The summed E-state index contributed by atoms with van der Waals surface area (Å²) in [6.07, 6.45) is 0.416. The highest BCUT2D eigenvalue weighted by Crippen LogP contribution is 2.16. The molecule has 11 heavy (non-hydrogen) atoms. The molecule has 2 atom stereocenters. The van der Waals surface area contributed by atoms with Crippen molar-refractivity contribution in [3.05, 3.63) is 0 Å². The van der Waals surface area contributed by atoms with E-state index in [9.17, 15) is 9.59 Å². The van der Waals surface area contributed by atoms with E-state index in [0.29, 0.717) is 6.42 Å². The minimum absolute atomic E-state index is 0.0509. The monoisotopic (exact) mass is 157 g/mol. The molecular formula is C7H11NO3. The van der Waals surface area contributed by atoms with Crippen molar-refractivity contribution >= 4 is 11.9 Å². The van der Waals surface area contributed by atoms with Gasteiger partial charge in [-0.3, -0.25) is 4.79 Å². The average Bonchev–Trinajstić information content (AvgIpc) is 2.28. The van der Waals surface area contributed by atoms with Crippen molar-refractivity contribution in [3.8, 4) is 0 Å². The molecule has 0 unspecified atom stereocenters. The van der Waals surface area contributed by atoms with Crippen LogP contribution < -0.4 is 5.32 Å². The molecule has 62 valence electrons. The molecule has 1 fully saturated rings. The average molecular weight is 157 g/mol. The van der Waals surface area contributed by atoms with Crippen molar-refractivity contribution in [2.45, 2.75) is 19.4 Å². The third-order valence-corrected chi connectivity index (χ3v) is 1.85. The summed E-state index contributed by atoms with van der Waals surface area (Å²) in [5, 5.41) is 2.54. The standard InChI is InChI=1S/C7H11NO3/c1-4-3-5(9)8-6(4)7(10)11-2/h4,6H,3H2,1-2H3,(H,8,9)/t4-,6+/m1/s1. The Hall–Kier alpha value is -1.06. The van der Waals surface area contributed by atoms with Gasteiger partial charge in [0, 0.05) is 6.42 Å². The fraction of sp³-hybridized carbons (Fsp3) is 0.714. The van der Waals surface area contributed by atoms with Crippen molar-refractivity contribution in [2.24, 2.45) is 5.92 Å². The third kappa shape index (κ3) is 1.50. The van der Waals surface area contributed by atoms with Crippen LogP contribution in [-0.2, 0) is 14.3 Å². The number of nitrogens with one attached hydrogen (secondary N) is 1. The lowest BCUT2D eigenvalue weighted by Gasteiger charge is -2.10. The molecular weight excluding hydrogens is 146 g/mol. The lowest BCUT2D eigenvalue weighted by molar-refractivity contribution is -0.144. The molecule has 0 aromatic heterocycles. The highest BCUT2D eigenvalue weighted by molar-refractivity contribution is 5.88. The van der Waals surface area contributed by atoms with Crippen LogP contribution in [0.15, 0.2) is 0 Å². The molecule has 1 saturated heterocycles. The van der Waals surface area contributed by atoms with Crippen LogP contribution in [0.1, 0.15) is 13.3 Å². The second-order valence-electron chi connectivity index (χ2n) is 2.75. The minimum Gasteiger partial charge on any atom is -0.467 e. The van der Waals surface area contributed by atoms with E-state index in [2.05, 4.69) is 10.1 Å². The number of esters is 1. The van der Waals surface area contributed by atoms with E-state index >= 15 is 0 Å². The van der Waals surface area contributed by atoms with E-state index in [0.717, 1.165) is 0 Å². The van der Waals surface area contributed by atoms with Gasteiger partial charge in [0.25, 0.3) is 0 Å². The Morgan fingerprint density at radius 2 is 2.36 bits per heavy atom. The zero-order chi connectivity index (χ0) is 8.43. The Morgan fingerprint density at radius 3 is 2.73 bits per heavy atom.